The molecule has 2 aliphatic heterocycles. The normalized spacial score (nSPS) is 25.2. The highest BCUT2D eigenvalue weighted by molar-refractivity contribution is 5.79. The van der Waals surface area contributed by atoms with E-state index in [2.05, 4.69) is 23.5 Å². The second-order valence-corrected chi connectivity index (χ2v) is 6.46. The van der Waals surface area contributed by atoms with Gasteiger partial charge < -0.3 is 19.9 Å². The van der Waals surface area contributed by atoms with E-state index in [1.165, 1.54) is 16.0 Å². The van der Waals surface area contributed by atoms with Gasteiger partial charge in [-0.2, -0.15) is 0 Å². The summed E-state index contributed by atoms with van der Waals surface area (Å²) in [6.07, 6.45) is 1.04. The maximum absolute atomic E-state index is 11.7. The molecule has 5 nitrogen and oxygen atoms in total. The van der Waals surface area contributed by atoms with Crippen LogP contribution in [0.25, 0.3) is 0 Å². The molecular weight excluding hydrogens is 278 g/mol. The first-order valence-electron chi connectivity index (χ1n) is 8.31. The van der Waals surface area contributed by atoms with Gasteiger partial charge in [0.05, 0.1) is 6.61 Å². The Bertz CT molecular complexity index is 539. The second-order valence-electron chi connectivity index (χ2n) is 6.46. The first kappa shape index (κ1) is 15.3. The number of piperazine rings is 1. The lowest BCUT2D eigenvalue weighted by Crippen LogP contribution is -3.29. The zero-order valence-corrected chi connectivity index (χ0v) is 13.6. The molecule has 0 unspecified atom stereocenters. The van der Waals surface area contributed by atoms with E-state index in [0.717, 1.165) is 51.5 Å². The fraction of sp³-hybridized carbons (Fsp3) is 0.588. The highest BCUT2D eigenvalue weighted by atomic mass is 16.5. The molecule has 0 spiro atoms. The van der Waals surface area contributed by atoms with E-state index in [1.54, 1.807) is 11.9 Å². The molecule has 1 aromatic carbocycles. The summed E-state index contributed by atoms with van der Waals surface area (Å²) >= 11 is 0. The Morgan fingerprint density at radius 3 is 2.82 bits per heavy atom. The van der Waals surface area contributed by atoms with Crippen LogP contribution in [0.15, 0.2) is 18.2 Å². The predicted octanol–water partition coefficient (Wildman–Crippen LogP) is -1.96. The van der Waals surface area contributed by atoms with E-state index in [-0.39, 0.29) is 11.9 Å². The number of amides is 1. The number of likely N-dealkylation sites (N-methyl/N-ethyl adjacent to an activating group) is 1. The molecule has 0 aliphatic carbocycles. The molecule has 120 valence electrons. The number of rotatable bonds is 4. The smallest absolute Gasteiger partial charge is 0.277 e. The van der Waals surface area contributed by atoms with Crippen molar-refractivity contribution in [2.24, 2.45) is 0 Å². The fourth-order valence-electron chi connectivity index (χ4n) is 3.57. The minimum atomic E-state index is 0.0590. The van der Waals surface area contributed by atoms with Crippen LogP contribution in [0.4, 0.5) is 0 Å². The molecule has 2 aliphatic rings. The van der Waals surface area contributed by atoms with E-state index >= 15 is 0 Å². The van der Waals surface area contributed by atoms with Crippen LogP contribution in [0.5, 0.6) is 5.75 Å². The molecule has 0 bridgehead atoms. The standard InChI is InChI=1S/C17H25N3O2/c1-13(17(21)18-2)20-8-6-19(7-9-20)12-14-3-4-16-15(11-14)5-10-22-16/h3-4,11,13H,5-10,12H2,1-2H3,(H,18,21)/p+2/t13-/m0/s1. The summed E-state index contributed by atoms with van der Waals surface area (Å²) in [5.41, 5.74) is 2.76. The first-order chi connectivity index (χ1) is 10.7. The van der Waals surface area contributed by atoms with Gasteiger partial charge in [0.25, 0.3) is 5.91 Å². The number of hydrogen-bond acceptors (Lipinski definition) is 2. The third-order valence-corrected chi connectivity index (χ3v) is 5.06. The molecule has 0 radical (unpaired) electrons. The van der Waals surface area contributed by atoms with Crippen molar-refractivity contribution in [3.8, 4) is 5.75 Å². The van der Waals surface area contributed by atoms with Crippen molar-refractivity contribution in [3.05, 3.63) is 29.3 Å². The lowest BCUT2D eigenvalue weighted by molar-refractivity contribution is -1.02. The van der Waals surface area contributed by atoms with Gasteiger partial charge in [0.1, 0.15) is 38.5 Å². The SMILES string of the molecule is CNC(=O)[C@H](C)[NH+]1CC[NH+](Cc2ccc3c(c2)CCO3)CC1. The minimum Gasteiger partial charge on any atom is -0.493 e. The lowest BCUT2D eigenvalue weighted by Gasteiger charge is -2.32. The van der Waals surface area contributed by atoms with Gasteiger partial charge in [-0.05, 0) is 30.7 Å². The summed E-state index contributed by atoms with van der Waals surface area (Å²) in [4.78, 5) is 14.8. The van der Waals surface area contributed by atoms with Crippen LogP contribution in [-0.2, 0) is 17.8 Å². The van der Waals surface area contributed by atoms with E-state index in [4.69, 9.17) is 4.74 Å². The third kappa shape index (κ3) is 3.25. The molecule has 1 saturated heterocycles. The number of benzene rings is 1. The molecule has 0 saturated carbocycles. The topological polar surface area (TPSA) is 47.2 Å². The van der Waals surface area contributed by atoms with Gasteiger partial charge in [0.2, 0.25) is 0 Å². The van der Waals surface area contributed by atoms with Gasteiger partial charge in [0, 0.05) is 19.0 Å². The average molecular weight is 305 g/mol. The van der Waals surface area contributed by atoms with Crippen LogP contribution in [0.1, 0.15) is 18.1 Å². The number of quaternary nitrogens is 2. The van der Waals surface area contributed by atoms with Crippen molar-refractivity contribution in [3.63, 3.8) is 0 Å². The van der Waals surface area contributed by atoms with E-state index in [1.807, 2.05) is 6.92 Å². The summed E-state index contributed by atoms with van der Waals surface area (Å²) < 4.78 is 5.57. The van der Waals surface area contributed by atoms with Crippen molar-refractivity contribution in [1.29, 1.82) is 0 Å². The number of carbonyl (C=O) groups excluding carboxylic acids is 1. The van der Waals surface area contributed by atoms with Crippen molar-refractivity contribution >= 4 is 5.91 Å². The van der Waals surface area contributed by atoms with Gasteiger partial charge in [-0.25, -0.2) is 0 Å². The van der Waals surface area contributed by atoms with Crippen molar-refractivity contribution in [1.82, 2.24) is 5.32 Å². The van der Waals surface area contributed by atoms with Gasteiger partial charge >= 0.3 is 0 Å². The molecule has 1 atom stereocenters. The van der Waals surface area contributed by atoms with Crippen molar-refractivity contribution in [2.45, 2.75) is 25.9 Å². The van der Waals surface area contributed by atoms with Crippen LogP contribution in [-0.4, -0.2) is 51.8 Å². The molecule has 1 aromatic rings. The zero-order valence-electron chi connectivity index (χ0n) is 13.6. The van der Waals surface area contributed by atoms with Crippen LogP contribution in [0, 0.1) is 0 Å². The molecule has 2 heterocycles. The molecule has 3 rings (SSSR count). The minimum absolute atomic E-state index is 0.0590. The summed E-state index contributed by atoms with van der Waals surface area (Å²) in [7, 11) is 1.72. The summed E-state index contributed by atoms with van der Waals surface area (Å²) in [6.45, 7) is 8.32. The van der Waals surface area contributed by atoms with Crippen molar-refractivity contribution < 1.29 is 19.3 Å². The lowest BCUT2D eigenvalue weighted by atomic mass is 10.1. The predicted molar refractivity (Wildman–Crippen MR) is 84.3 cm³/mol. The van der Waals surface area contributed by atoms with Gasteiger partial charge in [-0.3, -0.25) is 4.79 Å². The molecule has 1 fully saturated rings. The zero-order chi connectivity index (χ0) is 15.5. The average Bonchev–Trinajstić information content (AvgIpc) is 3.02. The molecule has 5 heteroatoms. The molecule has 1 amide bonds. The van der Waals surface area contributed by atoms with Gasteiger partial charge in [-0.15, -0.1) is 0 Å². The first-order valence-corrected chi connectivity index (χ1v) is 8.31. The molecule has 3 N–H and O–H groups in total. The summed E-state index contributed by atoms with van der Waals surface area (Å²) in [5.74, 6) is 1.21. The van der Waals surface area contributed by atoms with Crippen molar-refractivity contribution in [2.75, 3.05) is 39.8 Å². The van der Waals surface area contributed by atoms with Crippen LogP contribution < -0.4 is 19.9 Å². The number of ether oxygens (including phenoxy) is 1. The summed E-state index contributed by atoms with van der Waals surface area (Å²) in [6, 6.07) is 6.68. The Morgan fingerprint density at radius 1 is 1.32 bits per heavy atom. The second kappa shape index (κ2) is 6.67. The monoisotopic (exact) mass is 305 g/mol. The Kier molecular flexibility index (Phi) is 4.64. The number of nitrogens with one attached hydrogen (secondary N) is 3. The maximum Gasteiger partial charge on any atom is 0.277 e. The summed E-state index contributed by atoms with van der Waals surface area (Å²) in [5, 5.41) is 2.76. The van der Waals surface area contributed by atoms with Crippen LogP contribution >= 0.6 is 0 Å². The Labute approximate surface area is 132 Å². The Morgan fingerprint density at radius 2 is 2.09 bits per heavy atom. The number of hydrogen-bond donors (Lipinski definition) is 3. The highest BCUT2D eigenvalue weighted by Gasteiger charge is 2.30. The number of carbonyl (C=O) groups is 1. The quantitative estimate of drug-likeness (QED) is 0.605. The maximum atomic E-state index is 11.7. The Hall–Kier alpha value is -1.59. The molecule has 22 heavy (non-hydrogen) atoms. The van der Waals surface area contributed by atoms with Crippen LogP contribution in [0.2, 0.25) is 0 Å². The Balaban J connectivity index is 1.53. The molecule has 0 aromatic heterocycles. The largest absolute Gasteiger partial charge is 0.493 e. The van der Waals surface area contributed by atoms with E-state index in [9.17, 15) is 4.79 Å². The van der Waals surface area contributed by atoms with E-state index < -0.39 is 0 Å². The van der Waals surface area contributed by atoms with Crippen LogP contribution in [0.3, 0.4) is 0 Å². The van der Waals surface area contributed by atoms with Gasteiger partial charge in [0.15, 0.2) is 6.04 Å². The number of fused-ring (bicyclic) bond motifs is 1. The van der Waals surface area contributed by atoms with Gasteiger partial charge in [-0.1, -0.05) is 0 Å². The highest BCUT2D eigenvalue weighted by Crippen LogP contribution is 2.25. The third-order valence-electron chi connectivity index (χ3n) is 5.06. The fourth-order valence-corrected chi connectivity index (χ4v) is 3.57. The van der Waals surface area contributed by atoms with E-state index in [0.29, 0.717) is 0 Å². The molecular formula is C17H27N3O2+2.